The van der Waals surface area contributed by atoms with Crippen LogP contribution in [0.15, 0.2) is 18.2 Å². The largest absolute Gasteiger partial charge is 0.465 e. The third-order valence-corrected chi connectivity index (χ3v) is 5.84. The number of nitrogens with one attached hydrogen (secondary N) is 1. The minimum atomic E-state index is -0.836. The standard InChI is InChI=1S/C19H20ClN3O6S/c1-5-22(6-2)18(25)15-10(3)14(19(26)29-4)17(30-15)21-16(24)12-9-11(20)7-8-13(12)23(27)28/h7-9H,5-6H2,1-4H3,(H,21,24). The van der Waals surface area contributed by atoms with Crippen LogP contribution in [0, 0.1) is 17.0 Å². The molecule has 30 heavy (non-hydrogen) atoms. The van der Waals surface area contributed by atoms with E-state index in [1.54, 1.807) is 11.8 Å². The number of halogens is 1. The van der Waals surface area contributed by atoms with E-state index in [9.17, 15) is 24.5 Å². The lowest BCUT2D eigenvalue weighted by Gasteiger charge is -2.17. The molecule has 0 aliphatic carbocycles. The maximum absolute atomic E-state index is 12.8. The summed E-state index contributed by atoms with van der Waals surface area (Å²) in [6.45, 7) is 6.17. The van der Waals surface area contributed by atoms with Crippen molar-refractivity contribution in [2.24, 2.45) is 0 Å². The maximum atomic E-state index is 12.8. The Morgan fingerprint density at radius 2 is 1.90 bits per heavy atom. The van der Waals surface area contributed by atoms with Gasteiger partial charge in [-0.25, -0.2) is 4.79 Å². The van der Waals surface area contributed by atoms with Crippen molar-refractivity contribution in [3.63, 3.8) is 0 Å². The first-order chi connectivity index (χ1) is 14.2. The van der Waals surface area contributed by atoms with Gasteiger partial charge in [0, 0.05) is 24.2 Å². The number of carbonyl (C=O) groups excluding carboxylic acids is 3. The van der Waals surface area contributed by atoms with Gasteiger partial charge in [-0.15, -0.1) is 11.3 Å². The molecular formula is C19H20ClN3O6S. The minimum absolute atomic E-state index is 0.0241. The SMILES string of the molecule is CCN(CC)C(=O)c1sc(NC(=O)c2cc(Cl)ccc2[N+](=O)[O-])c(C(=O)OC)c1C. The molecule has 0 aliphatic heterocycles. The highest BCUT2D eigenvalue weighted by Gasteiger charge is 2.29. The number of methoxy groups -OCH3 is 1. The highest BCUT2D eigenvalue weighted by atomic mass is 35.5. The molecule has 0 spiro atoms. The minimum Gasteiger partial charge on any atom is -0.465 e. The van der Waals surface area contributed by atoms with Gasteiger partial charge in [0.25, 0.3) is 17.5 Å². The van der Waals surface area contributed by atoms with E-state index in [1.807, 2.05) is 13.8 Å². The van der Waals surface area contributed by atoms with Gasteiger partial charge in [-0.05, 0) is 38.5 Å². The summed E-state index contributed by atoms with van der Waals surface area (Å²) in [5.41, 5.74) is -0.328. The molecule has 0 atom stereocenters. The highest BCUT2D eigenvalue weighted by molar-refractivity contribution is 7.18. The first kappa shape index (κ1) is 23.3. The van der Waals surface area contributed by atoms with Gasteiger partial charge in [0.15, 0.2) is 0 Å². The molecule has 1 aromatic carbocycles. The molecule has 11 heteroatoms. The van der Waals surface area contributed by atoms with Gasteiger partial charge in [0.2, 0.25) is 0 Å². The van der Waals surface area contributed by atoms with Gasteiger partial charge < -0.3 is 15.0 Å². The van der Waals surface area contributed by atoms with Crippen LogP contribution in [-0.4, -0.2) is 47.8 Å². The first-order valence-electron chi connectivity index (χ1n) is 8.92. The number of hydrogen-bond acceptors (Lipinski definition) is 7. The molecule has 0 aliphatic rings. The van der Waals surface area contributed by atoms with Crippen molar-refractivity contribution in [1.29, 1.82) is 0 Å². The van der Waals surface area contributed by atoms with Crippen molar-refractivity contribution in [2.45, 2.75) is 20.8 Å². The Morgan fingerprint density at radius 3 is 2.43 bits per heavy atom. The van der Waals surface area contributed by atoms with Crippen molar-refractivity contribution >= 4 is 51.4 Å². The van der Waals surface area contributed by atoms with Gasteiger partial charge in [0.05, 0.1) is 22.5 Å². The van der Waals surface area contributed by atoms with Crippen LogP contribution in [0.2, 0.25) is 5.02 Å². The van der Waals surface area contributed by atoms with Crippen LogP contribution in [0.5, 0.6) is 0 Å². The number of benzene rings is 1. The molecule has 160 valence electrons. The fraction of sp³-hybridized carbons (Fsp3) is 0.316. The molecule has 1 heterocycles. The Kier molecular flexibility index (Phi) is 7.52. The molecule has 0 saturated carbocycles. The van der Waals surface area contributed by atoms with Gasteiger partial charge >= 0.3 is 5.97 Å². The Hall–Kier alpha value is -2.98. The molecule has 0 bridgehead atoms. The zero-order valence-electron chi connectivity index (χ0n) is 16.8. The predicted octanol–water partition coefficient (Wildman–Crippen LogP) is 4.14. The first-order valence-corrected chi connectivity index (χ1v) is 10.1. The average molecular weight is 454 g/mol. The van der Waals surface area contributed by atoms with Crippen LogP contribution in [0.1, 0.15) is 49.8 Å². The second-order valence-electron chi connectivity index (χ2n) is 6.10. The number of ether oxygens (including phenoxy) is 1. The number of nitrogens with zero attached hydrogens (tertiary/aromatic N) is 2. The number of amides is 2. The summed E-state index contributed by atoms with van der Waals surface area (Å²) in [6.07, 6.45) is 0. The van der Waals surface area contributed by atoms with E-state index < -0.39 is 22.5 Å². The molecule has 0 fully saturated rings. The number of thiophene rings is 1. The third-order valence-electron chi connectivity index (χ3n) is 4.41. The van der Waals surface area contributed by atoms with E-state index in [2.05, 4.69) is 5.32 Å². The van der Waals surface area contributed by atoms with Crippen LogP contribution in [-0.2, 0) is 4.74 Å². The molecule has 1 N–H and O–H groups in total. The summed E-state index contributed by atoms with van der Waals surface area (Å²) >= 11 is 6.80. The number of anilines is 1. The van der Waals surface area contributed by atoms with Crippen molar-refractivity contribution in [2.75, 3.05) is 25.5 Å². The lowest BCUT2D eigenvalue weighted by molar-refractivity contribution is -0.385. The number of carbonyl (C=O) groups is 3. The fourth-order valence-electron chi connectivity index (χ4n) is 2.83. The number of nitro benzene ring substituents is 1. The number of esters is 1. The molecule has 9 nitrogen and oxygen atoms in total. The Balaban J connectivity index is 2.54. The average Bonchev–Trinajstić information content (AvgIpc) is 3.03. The zero-order valence-corrected chi connectivity index (χ0v) is 18.3. The summed E-state index contributed by atoms with van der Waals surface area (Å²) in [7, 11) is 1.18. The van der Waals surface area contributed by atoms with Crippen molar-refractivity contribution in [1.82, 2.24) is 4.90 Å². The zero-order chi connectivity index (χ0) is 22.6. The van der Waals surface area contributed by atoms with Crippen LogP contribution in [0.4, 0.5) is 10.7 Å². The van der Waals surface area contributed by atoms with E-state index in [0.29, 0.717) is 18.7 Å². The summed E-state index contributed by atoms with van der Waals surface area (Å²) in [6, 6.07) is 3.58. The van der Waals surface area contributed by atoms with E-state index in [1.165, 1.54) is 13.2 Å². The fourth-order valence-corrected chi connectivity index (χ4v) is 4.16. The van der Waals surface area contributed by atoms with Crippen LogP contribution < -0.4 is 5.32 Å². The lowest BCUT2D eigenvalue weighted by atomic mass is 10.1. The topological polar surface area (TPSA) is 119 Å². The summed E-state index contributed by atoms with van der Waals surface area (Å²) < 4.78 is 4.79. The van der Waals surface area contributed by atoms with Crippen molar-refractivity contribution in [3.05, 3.63) is 54.9 Å². The highest BCUT2D eigenvalue weighted by Crippen LogP contribution is 2.35. The molecule has 2 rings (SSSR count). The van der Waals surface area contributed by atoms with Gasteiger partial charge in [-0.2, -0.15) is 0 Å². The summed E-state index contributed by atoms with van der Waals surface area (Å²) in [4.78, 5) is 50.3. The number of rotatable bonds is 7. The van der Waals surface area contributed by atoms with Gasteiger partial charge in [-0.3, -0.25) is 19.7 Å². The third kappa shape index (κ3) is 4.60. The molecule has 2 amide bonds. The van der Waals surface area contributed by atoms with Gasteiger partial charge in [-0.1, -0.05) is 11.6 Å². The van der Waals surface area contributed by atoms with Crippen molar-refractivity contribution in [3.8, 4) is 0 Å². The number of nitro groups is 1. The number of hydrogen-bond donors (Lipinski definition) is 1. The second kappa shape index (κ2) is 9.68. The quantitative estimate of drug-likeness (QED) is 0.382. The van der Waals surface area contributed by atoms with Gasteiger partial charge in [0.1, 0.15) is 10.6 Å². The molecular weight excluding hydrogens is 434 g/mol. The van der Waals surface area contributed by atoms with E-state index in [-0.39, 0.29) is 31.9 Å². The van der Waals surface area contributed by atoms with Crippen LogP contribution >= 0.6 is 22.9 Å². The summed E-state index contributed by atoms with van der Waals surface area (Å²) in [5, 5.41) is 14.0. The molecule has 0 saturated heterocycles. The Bertz CT molecular complexity index is 1020. The second-order valence-corrected chi connectivity index (χ2v) is 7.56. The molecule has 0 radical (unpaired) electrons. The molecule has 2 aromatic rings. The van der Waals surface area contributed by atoms with Crippen LogP contribution in [0.3, 0.4) is 0 Å². The Morgan fingerprint density at radius 1 is 1.27 bits per heavy atom. The normalized spacial score (nSPS) is 10.4. The Labute approximate surface area is 181 Å². The van der Waals surface area contributed by atoms with Crippen molar-refractivity contribution < 1.29 is 24.0 Å². The maximum Gasteiger partial charge on any atom is 0.341 e. The summed E-state index contributed by atoms with van der Waals surface area (Å²) in [5.74, 6) is -1.86. The molecule has 1 aromatic heterocycles. The van der Waals surface area contributed by atoms with E-state index >= 15 is 0 Å². The van der Waals surface area contributed by atoms with E-state index in [0.717, 1.165) is 23.5 Å². The molecule has 0 unspecified atom stereocenters. The van der Waals surface area contributed by atoms with E-state index in [4.69, 9.17) is 16.3 Å². The smallest absolute Gasteiger partial charge is 0.341 e. The monoisotopic (exact) mass is 453 g/mol. The van der Waals surface area contributed by atoms with Crippen LogP contribution in [0.25, 0.3) is 0 Å². The lowest BCUT2D eigenvalue weighted by Crippen LogP contribution is -2.30. The predicted molar refractivity (Wildman–Crippen MR) is 114 cm³/mol.